The standard InChI is InChI=1S/C13H23N3O/c1-10-11(2)17-13(15-10)9-16-6-4-5-12(8-16)7-14-3/h12,14H,4-9H2,1-3H3. The summed E-state index contributed by atoms with van der Waals surface area (Å²) in [5.41, 5.74) is 1.02. The summed E-state index contributed by atoms with van der Waals surface area (Å²) in [7, 11) is 2.03. The molecule has 1 atom stereocenters. The number of likely N-dealkylation sites (tertiary alicyclic amines) is 1. The zero-order valence-corrected chi connectivity index (χ0v) is 11.1. The van der Waals surface area contributed by atoms with Crippen LogP contribution in [0.15, 0.2) is 4.42 Å². The Morgan fingerprint density at radius 1 is 1.47 bits per heavy atom. The van der Waals surface area contributed by atoms with Crippen LogP contribution in [0, 0.1) is 19.8 Å². The van der Waals surface area contributed by atoms with E-state index in [4.69, 9.17) is 4.42 Å². The number of hydrogen-bond acceptors (Lipinski definition) is 4. The molecule has 1 saturated heterocycles. The van der Waals surface area contributed by atoms with Gasteiger partial charge in [0.05, 0.1) is 12.2 Å². The monoisotopic (exact) mass is 237 g/mol. The summed E-state index contributed by atoms with van der Waals surface area (Å²) >= 11 is 0. The van der Waals surface area contributed by atoms with E-state index >= 15 is 0 Å². The van der Waals surface area contributed by atoms with E-state index in [0.717, 1.165) is 42.9 Å². The number of nitrogens with one attached hydrogen (secondary N) is 1. The van der Waals surface area contributed by atoms with Gasteiger partial charge in [-0.15, -0.1) is 0 Å². The van der Waals surface area contributed by atoms with Crippen LogP contribution in [0.4, 0.5) is 0 Å². The van der Waals surface area contributed by atoms with Gasteiger partial charge < -0.3 is 9.73 Å². The highest BCUT2D eigenvalue weighted by Crippen LogP contribution is 2.18. The van der Waals surface area contributed by atoms with E-state index in [1.54, 1.807) is 0 Å². The summed E-state index contributed by atoms with van der Waals surface area (Å²) in [4.78, 5) is 6.91. The third kappa shape index (κ3) is 3.30. The highest BCUT2D eigenvalue weighted by atomic mass is 16.4. The summed E-state index contributed by atoms with van der Waals surface area (Å²) < 4.78 is 5.64. The van der Waals surface area contributed by atoms with Crippen molar-refractivity contribution in [1.82, 2.24) is 15.2 Å². The fourth-order valence-electron chi connectivity index (χ4n) is 2.55. The van der Waals surface area contributed by atoms with Gasteiger partial charge in [0.1, 0.15) is 5.76 Å². The molecular formula is C13H23N3O. The molecule has 2 rings (SSSR count). The molecule has 0 aromatic carbocycles. The molecule has 4 nitrogen and oxygen atoms in total. The molecule has 17 heavy (non-hydrogen) atoms. The van der Waals surface area contributed by atoms with Crippen LogP contribution < -0.4 is 5.32 Å². The smallest absolute Gasteiger partial charge is 0.208 e. The van der Waals surface area contributed by atoms with E-state index in [-0.39, 0.29) is 0 Å². The average molecular weight is 237 g/mol. The maximum Gasteiger partial charge on any atom is 0.208 e. The quantitative estimate of drug-likeness (QED) is 0.866. The number of piperidine rings is 1. The first-order valence-electron chi connectivity index (χ1n) is 6.49. The maximum absolute atomic E-state index is 5.64. The van der Waals surface area contributed by atoms with Gasteiger partial charge >= 0.3 is 0 Å². The van der Waals surface area contributed by atoms with Crippen molar-refractivity contribution in [2.75, 3.05) is 26.7 Å². The number of aryl methyl sites for hydroxylation is 2. The summed E-state index contributed by atoms with van der Waals surface area (Å²) in [5.74, 6) is 2.58. The molecule has 4 heteroatoms. The normalized spacial score (nSPS) is 21.9. The highest BCUT2D eigenvalue weighted by molar-refractivity contribution is 5.05. The second-order valence-corrected chi connectivity index (χ2v) is 5.05. The van der Waals surface area contributed by atoms with Gasteiger partial charge in [-0.1, -0.05) is 0 Å². The minimum atomic E-state index is 0.769. The number of nitrogens with zero attached hydrogens (tertiary/aromatic N) is 2. The molecule has 1 fully saturated rings. The first kappa shape index (κ1) is 12.6. The second kappa shape index (κ2) is 5.65. The molecule has 1 aromatic rings. The minimum Gasteiger partial charge on any atom is -0.444 e. The van der Waals surface area contributed by atoms with Crippen molar-refractivity contribution < 1.29 is 4.42 Å². The fourth-order valence-corrected chi connectivity index (χ4v) is 2.55. The molecule has 0 amide bonds. The first-order valence-corrected chi connectivity index (χ1v) is 6.49. The van der Waals surface area contributed by atoms with Crippen molar-refractivity contribution in [1.29, 1.82) is 0 Å². The van der Waals surface area contributed by atoms with E-state index < -0.39 is 0 Å². The Morgan fingerprint density at radius 2 is 2.29 bits per heavy atom. The Labute approximate surface area is 103 Å². The van der Waals surface area contributed by atoms with Crippen molar-refractivity contribution >= 4 is 0 Å². The largest absolute Gasteiger partial charge is 0.444 e. The minimum absolute atomic E-state index is 0.769. The molecule has 0 radical (unpaired) electrons. The SMILES string of the molecule is CNCC1CCCN(Cc2nc(C)c(C)o2)C1. The lowest BCUT2D eigenvalue weighted by Crippen LogP contribution is -2.38. The van der Waals surface area contributed by atoms with Gasteiger partial charge in [0, 0.05) is 6.54 Å². The molecule has 1 aromatic heterocycles. The van der Waals surface area contributed by atoms with Crippen molar-refractivity contribution in [3.63, 3.8) is 0 Å². The predicted molar refractivity (Wildman–Crippen MR) is 67.9 cm³/mol. The Morgan fingerprint density at radius 3 is 2.94 bits per heavy atom. The van der Waals surface area contributed by atoms with Crippen LogP contribution in [0.2, 0.25) is 0 Å². The third-order valence-corrected chi connectivity index (χ3v) is 3.53. The van der Waals surface area contributed by atoms with Crippen molar-refractivity contribution in [3.05, 3.63) is 17.3 Å². The summed E-state index contributed by atoms with van der Waals surface area (Å²) in [6.45, 7) is 8.27. The molecule has 1 N–H and O–H groups in total. The Bertz CT molecular complexity index is 340. The summed E-state index contributed by atoms with van der Waals surface area (Å²) in [6, 6.07) is 0. The topological polar surface area (TPSA) is 41.3 Å². The van der Waals surface area contributed by atoms with Gasteiger partial charge in [-0.25, -0.2) is 4.98 Å². The molecule has 96 valence electrons. The van der Waals surface area contributed by atoms with E-state index in [2.05, 4.69) is 15.2 Å². The van der Waals surface area contributed by atoms with Crippen molar-refractivity contribution in [3.8, 4) is 0 Å². The highest BCUT2D eigenvalue weighted by Gasteiger charge is 2.20. The fraction of sp³-hybridized carbons (Fsp3) is 0.769. The van der Waals surface area contributed by atoms with Crippen LogP contribution in [0.3, 0.4) is 0 Å². The van der Waals surface area contributed by atoms with Gasteiger partial charge in [0.15, 0.2) is 0 Å². The lowest BCUT2D eigenvalue weighted by Gasteiger charge is -2.31. The van der Waals surface area contributed by atoms with Crippen LogP contribution in [0.25, 0.3) is 0 Å². The van der Waals surface area contributed by atoms with Crippen molar-refractivity contribution in [2.45, 2.75) is 33.2 Å². The number of oxazole rings is 1. The van der Waals surface area contributed by atoms with Gasteiger partial charge in [0.2, 0.25) is 5.89 Å². The van der Waals surface area contributed by atoms with Crippen molar-refractivity contribution in [2.24, 2.45) is 5.92 Å². The Kier molecular flexibility index (Phi) is 4.18. The Balaban J connectivity index is 1.90. The first-order chi connectivity index (χ1) is 8.19. The van der Waals surface area contributed by atoms with E-state index in [0.29, 0.717) is 0 Å². The van der Waals surface area contributed by atoms with Gasteiger partial charge in [-0.2, -0.15) is 0 Å². The zero-order valence-electron chi connectivity index (χ0n) is 11.1. The molecular weight excluding hydrogens is 214 g/mol. The second-order valence-electron chi connectivity index (χ2n) is 5.05. The molecule has 0 spiro atoms. The van der Waals surface area contributed by atoms with Crippen LogP contribution in [-0.4, -0.2) is 36.6 Å². The van der Waals surface area contributed by atoms with E-state index in [1.807, 2.05) is 20.9 Å². The molecule has 0 bridgehead atoms. The summed E-state index contributed by atoms with van der Waals surface area (Å²) in [6.07, 6.45) is 2.62. The number of aromatic nitrogens is 1. The zero-order chi connectivity index (χ0) is 12.3. The van der Waals surface area contributed by atoms with Crippen LogP contribution in [0.1, 0.15) is 30.2 Å². The predicted octanol–water partition coefficient (Wildman–Crippen LogP) is 1.72. The summed E-state index contributed by atoms with van der Waals surface area (Å²) in [5, 5.41) is 3.27. The van der Waals surface area contributed by atoms with Gasteiger partial charge in [-0.05, 0) is 52.7 Å². The van der Waals surface area contributed by atoms with E-state index in [1.165, 1.54) is 19.4 Å². The average Bonchev–Trinajstić information content (AvgIpc) is 2.59. The third-order valence-electron chi connectivity index (χ3n) is 3.53. The molecule has 1 aliphatic rings. The maximum atomic E-state index is 5.64. The molecule has 0 aliphatic carbocycles. The molecule has 1 unspecified atom stereocenters. The molecule has 2 heterocycles. The van der Waals surface area contributed by atoms with Crippen LogP contribution in [-0.2, 0) is 6.54 Å². The van der Waals surface area contributed by atoms with Gasteiger partial charge in [-0.3, -0.25) is 4.90 Å². The number of rotatable bonds is 4. The van der Waals surface area contributed by atoms with Crippen LogP contribution >= 0.6 is 0 Å². The Hall–Kier alpha value is -0.870. The lowest BCUT2D eigenvalue weighted by molar-refractivity contribution is 0.153. The number of hydrogen-bond donors (Lipinski definition) is 1. The molecule has 1 aliphatic heterocycles. The van der Waals surface area contributed by atoms with Gasteiger partial charge in [0.25, 0.3) is 0 Å². The molecule has 0 saturated carbocycles. The van der Waals surface area contributed by atoms with Crippen LogP contribution in [0.5, 0.6) is 0 Å². The lowest BCUT2D eigenvalue weighted by atomic mass is 9.98. The van der Waals surface area contributed by atoms with E-state index in [9.17, 15) is 0 Å².